The molecule has 0 aromatic heterocycles. The smallest absolute Gasteiger partial charge is 0.271 e. The molecule has 0 radical (unpaired) electrons. The number of likely N-dealkylation sites (tertiary alicyclic amines) is 1. The molecule has 1 N–H and O–H groups in total. The molecule has 1 fully saturated rings. The Morgan fingerprint density at radius 3 is 2.77 bits per heavy atom. The molecule has 2 aromatic carbocycles. The highest BCUT2D eigenvalue weighted by Gasteiger charge is 2.26. The Kier molecular flexibility index (Phi) is 5.63. The van der Waals surface area contributed by atoms with Crippen LogP contribution in [-0.4, -0.2) is 28.8 Å². The maximum absolute atomic E-state index is 12.7. The number of nitro benzene ring substituents is 1. The van der Waals surface area contributed by atoms with E-state index in [9.17, 15) is 14.9 Å². The summed E-state index contributed by atoms with van der Waals surface area (Å²) in [7, 11) is 0. The highest BCUT2D eigenvalue weighted by Crippen LogP contribution is 2.24. The number of aryl methyl sites for hydroxylation is 1. The summed E-state index contributed by atoms with van der Waals surface area (Å²) in [5.41, 5.74) is 2.56. The largest absolute Gasteiger partial charge is 0.325 e. The number of non-ortho nitro benzene ring substituents is 1. The van der Waals surface area contributed by atoms with E-state index < -0.39 is 4.92 Å². The number of nitrogens with one attached hydrogen (secondary N) is 1. The van der Waals surface area contributed by atoms with Gasteiger partial charge in [-0.2, -0.15) is 0 Å². The van der Waals surface area contributed by atoms with Crippen LogP contribution in [0.25, 0.3) is 0 Å². The second-order valence-corrected chi connectivity index (χ2v) is 6.81. The SMILES string of the molecule is Cc1ccc([N+](=O)[O-])cc1NC(=O)C1CCCN(Cc2ccccc2)C1. The second-order valence-electron chi connectivity index (χ2n) is 6.81. The van der Waals surface area contributed by atoms with Crippen LogP contribution in [-0.2, 0) is 11.3 Å². The van der Waals surface area contributed by atoms with Crippen molar-refractivity contribution in [3.63, 3.8) is 0 Å². The van der Waals surface area contributed by atoms with Gasteiger partial charge in [-0.3, -0.25) is 19.8 Å². The van der Waals surface area contributed by atoms with Crippen molar-refractivity contribution < 1.29 is 9.72 Å². The van der Waals surface area contributed by atoms with E-state index in [1.54, 1.807) is 6.07 Å². The zero-order chi connectivity index (χ0) is 18.5. The summed E-state index contributed by atoms with van der Waals surface area (Å²) in [5, 5.41) is 13.8. The molecule has 1 unspecified atom stereocenters. The van der Waals surface area contributed by atoms with Crippen molar-refractivity contribution in [1.29, 1.82) is 0 Å². The molecular weight excluding hydrogens is 330 g/mol. The molecule has 6 nitrogen and oxygen atoms in total. The zero-order valence-electron chi connectivity index (χ0n) is 14.9. The minimum Gasteiger partial charge on any atom is -0.325 e. The van der Waals surface area contributed by atoms with Crippen molar-refractivity contribution in [2.45, 2.75) is 26.3 Å². The number of nitro groups is 1. The first kappa shape index (κ1) is 18.1. The van der Waals surface area contributed by atoms with Crippen molar-refractivity contribution in [3.8, 4) is 0 Å². The lowest BCUT2D eigenvalue weighted by molar-refractivity contribution is -0.384. The van der Waals surface area contributed by atoms with Crippen LogP contribution < -0.4 is 5.32 Å². The number of hydrogen-bond acceptors (Lipinski definition) is 4. The lowest BCUT2D eigenvalue weighted by atomic mass is 9.96. The van der Waals surface area contributed by atoms with Crippen molar-refractivity contribution in [2.75, 3.05) is 18.4 Å². The minimum absolute atomic E-state index is 0.0137. The third-order valence-electron chi connectivity index (χ3n) is 4.82. The highest BCUT2D eigenvalue weighted by atomic mass is 16.6. The van der Waals surface area contributed by atoms with Crippen LogP contribution in [0.2, 0.25) is 0 Å². The van der Waals surface area contributed by atoms with Gasteiger partial charge in [-0.1, -0.05) is 36.4 Å². The molecule has 0 aliphatic carbocycles. The quantitative estimate of drug-likeness (QED) is 0.656. The van der Waals surface area contributed by atoms with E-state index in [1.165, 1.54) is 17.7 Å². The summed E-state index contributed by atoms with van der Waals surface area (Å²) in [4.78, 5) is 25.5. The molecular formula is C20H23N3O3. The van der Waals surface area contributed by atoms with E-state index in [1.807, 2.05) is 25.1 Å². The fraction of sp³-hybridized carbons (Fsp3) is 0.350. The molecule has 1 aliphatic rings. The molecule has 0 spiro atoms. The summed E-state index contributed by atoms with van der Waals surface area (Å²) in [6.45, 7) is 4.35. The number of anilines is 1. The molecule has 0 saturated carbocycles. The number of amides is 1. The number of carbonyl (C=O) groups excluding carboxylic acids is 1. The van der Waals surface area contributed by atoms with Crippen LogP contribution in [0.3, 0.4) is 0 Å². The predicted molar refractivity (Wildman–Crippen MR) is 101 cm³/mol. The highest BCUT2D eigenvalue weighted by molar-refractivity contribution is 5.93. The standard InChI is InChI=1S/C20H23N3O3/c1-15-9-10-18(23(25)26)12-19(15)21-20(24)17-8-5-11-22(14-17)13-16-6-3-2-4-7-16/h2-4,6-7,9-10,12,17H,5,8,11,13-14H2,1H3,(H,21,24). The molecule has 1 aliphatic heterocycles. The molecule has 0 bridgehead atoms. The van der Waals surface area contributed by atoms with E-state index in [2.05, 4.69) is 22.3 Å². The maximum Gasteiger partial charge on any atom is 0.271 e. The van der Waals surface area contributed by atoms with Gasteiger partial charge in [-0.15, -0.1) is 0 Å². The summed E-state index contributed by atoms with van der Waals surface area (Å²) >= 11 is 0. The number of benzene rings is 2. The first-order valence-corrected chi connectivity index (χ1v) is 8.85. The predicted octanol–water partition coefficient (Wildman–Crippen LogP) is 3.75. The van der Waals surface area contributed by atoms with Crippen LogP contribution in [0.15, 0.2) is 48.5 Å². The Labute approximate surface area is 153 Å². The zero-order valence-corrected chi connectivity index (χ0v) is 14.9. The Morgan fingerprint density at radius 2 is 2.04 bits per heavy atom. The first-order valence-electron chi connectivity index (χ1n) is 8.85. The summed E-state index contributed by atoms with van der Waals surface area (Å²) < 4.78 is 0. The van der Waals surface area contributed by atoms with Crippen LogP contribution in [0.1, 0.15) is 24.0 Å². The topological polar surface area (TPSA) is 75.5 Å². The third kappa shape index (κ3) is 4.46. The van der Waals surface area contributed by atoms with Crippen LogP contribution >= 0.6 is 0 Å². The minimum atomic E-state index is -0.447. The molecule has 6 heteroatoms. The van der Waals surface area contributed by atoms with E-state index in [0.29, 0.717) is 12.2 Å². The number of hydrogen-bond donors (Lipinski definition) is 1. The molecule has 1 heterocycles. The van der Waals surface area contributed by atoms with Crippen LogP contribution in [0.5, 0.6) is 0 Å². The summed E-state index contributed by atoms with van der Waals surface area (Å²) in [6.07, 6.45) is 1.81. The summed E-state index contributed by atoms with van der Waals surface area (Å²) in [5.74, 6) is -0.169. The average molecular weight is 353 g/mol. The molecule has 136 valence electrons. The number of carbonyl (C=O) groups is 1. The van der Waals surface area contributed by atoms with Gasteiger partial charge in [-0.25, -0.2) is 0 Å². The van der Waals surface area contributed by atoms with Crippen molar-refractivity contribution >= 4 is 17.3 Å². The Bertz CT molecular complexity index is 792. The second kappa shape index (κ2) is 8.10. The lowest BCUT2D eigenvalue weighted by Crippen LogP contribution is -2.40. The van der Waals surface area contributed by atoms with Crippen molar-refractivity contribution in [2.24, 2.45) is 5.92 Å². The molecule has 26 heavy (non-hydrogen) atoms. The fourth-order valence-electron chi connectivity index (χ4n) is 3.35. The van der Waals surface area contributed by atoms with Gasteiger partial charge in [0, 0.05) is 25.2 Å². The molecule has 2 aromatic rings. The van der Waals surface area contributed by atoms with Gasteiger partial charge in [-0.05, 0) is 37.4 Å². The van der Waals surface area contributed by atoms with E-state index in [0.717, 1.165) is 31.5 Å². The molecule has 1 saturated heterocycles. The van der Waals surface area contributed by atoms with Gasteiger partial charge < -0.3 is 5.32 Å². The lowest BCUT2D eigenvalue weighted by Gasteiger charge is -2.32. The Balaban J connectivity index is 1.64. The number of rotatable bonds is 5. The number of nitrogens with zero attached hydrogens (tertiary/aromatic N) is 2. The van der Waals surface area contributed by atoms with Crippen molar-refractivity contribution in [3.05, 3.63) is 69.8 Å². The monoisotopic (exact) mass is 353 g/mol. The molecule has 1 atom stereocenters. The van der Waals surface area contributed by atoms with Crippen LogP contribution in [0, 0.1) is 23.0 Å². The Morgan fingerprint density at radius 1 is 1.27 bits per heavy atom. The normalized spacial score (nSPS) is 17.7. The van der Waals surface area contributed by atoms with E-state index in [4.69, 9.17) is 0 Å². The van der Waals surface area contributed by atoms with Gasteiger partial charge >= 0.3 is 0 Å². The van der Waals surface area contributed by atoms with E-state index in [-0.39, 0.29) is 17.5 Å². The van der Waals surface area contributed by atoms with Crippen molar-refractivity contribution in [1.82, 2.24) is 4.90 Å². The molecule has 1 amide bonds. The molecule has 3 rings (SSSR count). The average Bonchev–Trinajstić information content (AvgIpc) is 2.64. The Hall–Kier alpha value is -2.73. The third-order valence-corrected chi connectivity index (χ3v) is 4.82. The maximum atomic E-state index is 12.7. The van der Waals surface area contributed by atoms with Gasteiger partial charge in [0.15, 0.2) is 0 Å². The summed E-state index contributed by atoms with van der Waals surface area (Å²) in [6, 6.07) is 14.8. The first-order chi connectivity index (χ1) is 12.5. The van der Waals surface area contributed by atoms with Gasteiger partial charge in [0.2, 0.25) is 5.91 Å². The van der Waals surface area contributed by atoms with Gasteiger partial charge in [0.25, 0.3) is 5.69 Å². The number of piperidine rings is 1. The van der Waals surface area contributed by atoms with E-state index >= 15 is 0 Å². The van der Waals surface area contributed by atoms with Gasteiger partial charge in [0.1, 0.15) is 0 Å². The van der Waals surface area contributed by atoms with Crippen LogP contribution in [0.4, 0.5) is 11.4 Å². The van der Waals surface area contributed by atoms with Gasteiger partial charge in [0.05, 0.1) is 16.5 Å². The fourth-order valence-corrected chi connectivity index (χ4v) is 3.35.